The summed E-state index contributed by atoms with van der Waals surface area (Å²) < 4.78 is 6.40. The Bertz CT molecular complexity index is 488. The number of amides is 1. The van der Waals surface area contributed by atoms with Crippen molar-refractivity contribution >= 4 is 27.5 Å². The summed E-state index contributed by atoms with van der Waals surface area (Å²) in [6.07, 6.45) is 1.66. The van der Waals surface area contributed by atoms with E-state index in [4.69, 9.17) is 10.5 Å². The summed E-state index contributed by atoms with van der Waals surface area (Å²) in [6, 6.07) is 5.38. The predicted octanol–water partition coefficient (Wildman–Crippen LogP) is 2.72. The van der Waals surface area contributed by atoms with Crippen molar-refractivity contribution in [3.05, 3.63) is 28.2 Å². The summed E-state index contributed by atoms with van der Waals surface area (Å²) >= 11 is 3.38. The van der Waals surface area contributed by atoms with Gasteiger partial charge in [-0.15, -0.1) is 0 Å². The van der Waals surface area contributed by atoms with Crippen molar-refractivity contribution in [2.24, 2.45) is 0 Å². The molecule has 1 heterocycles. The molecular weight excluding hydrogens is 308 g/mol. The lowest BCUT2D eigenvalue weighted by atomic mass is 9.94. The molecule has 1 atom stereocenters. The van der Waals surface area contributed by atoms with Crippen molar-refractivity contribution in [2.45, 2.75) is 38.3 Å². The number of nitrogen functional groups attached to an aromatic ring is 1. The Hall–Kier alpha value is -1.07. The third-order valence-corrected chi connectivity index (χ3v) is 3.96. The topological polar surface area (TPSA) is 64.4 Å². The van der Waals surface area contributed by atoms with E-state index in [0.717, 1.165) is 17.3 Å². The van der Waals surface area contributed by atoms with Gasteiger partial charge in [-0.3, -0.25) is 4.79 Å². The highest BCUT2D eigenvalue weighted by molar-refractivity contribution is 9.10. The first kappa shape index (κ1) is 14.3. The number of rotatable bonds is 2. The Morgan fingerprint density at radius 1 is 1.53 bits per heavy atom. The van der Waals surface area contributed by atoms with E-state index >= 15 is 0 Å². The van der Waals surface area contributed by atoms with E-state index in [1.165, 1.54) is 0 Å². The molecule has 0 aromatic heterocycles. The number of nitrogens with one attached hydrogen (secondary N) is 1. The van der Waals surface area contributed by atoms with Gasteiger partial charge in [-0.05, 0) is 60.8 Å². The highest BCUT2D eigenvalue weighted by Gasteiger charge is 2.30. The van der Waals surface area contributed by atoms with Crippen LogP contribution >= 0.6 is 15.9 Å². The van der Waals surface area contributed by atoms with Gasteiger partial charge < -0.3 is 15.8 Å². The Balaban J connectivity index is 2.06. The highest BCUT2D eigenvalue weighted by atomic mass is 79.9. The number of halogens is 1. The molecule has 2 rings (SSSR count). The van der Waals surface area contributed by atoms with Crippen molar-refractivity contribution in [3.63, 3.8) is 0 Å². The first-order valence-corrected chi connectivity index (χ1v) is 7.16. The molecule has 1 aromatic carbocycles. The minimum absolute atomic E-state index is 0.0955. The monoisotopic (exact) mass is 326 g/mol. The molecule has 5 heteroatoms. The zero-order valence-electron chi connectivity index (χ0n) is 11.2. The lowest BCUT2D eigenvalue weighted by Crippen LogP contribution is -2.45. The molecule has 4 nitrogen and oxygen atoms in total. The van der Waals surface area contributed by atoms with E-state index in [2.05, 4.69) is 21.2 Å². The van der Waals surface area contributed by atoms with Crippen LogP contribution in [0.5, 0.6) is 0 Å². The van der Waals surface area contributed by atoms with E-state index in [9.17, 15) is 4.79 Å². The molecule has 1 amide bonds. The van der Waals surface area contributed by atoms with Crippen molar-refractivity contribution in [1.82, 2.24) is 5.32 Å². The molecule has 19 heavy (non-hydrogen) atoms. The number of benzene rings is 1. The van der Waals surface area contributed by atoms with Gasteiger partial charge in [0.2, 0.25) is 0 Å². The SMILES string of the molecule is CC1(C)CC(NC(=O)c2cc(N)ccc2Br)CCO1. The highest BCUT2D eigenvalue weighted by Crippen LogP contribution is 2.25. The molecular formula is C14H19BrN2O2. The maximum absolute atomic E-state index is 12.3. The Kier molecular flexibility index (Phi) is 4.16. The van der Waals surface area contributed by atoms with Crippen LogP contribution in [0.15, 0.2) is 22.7 Å². The Labute approximate surface area is 121 Å². The molecule has 1 aliphatic heterocycles. The predicted molar refractivity (Wildman–Crippen MR) is 79.1 cm³/mol. The lowest BCUT2D eigenvalue weighted by Gasteiger charge is -2.35. The second-order valence-corrected chi connectivity index (χ2v) is 6.36. The molecule has 104 valence electrons. The number of nitrogens with two attached hydrogens (primary N) is 1. The summed E-state index contributed by atoms with van der Waals surface area (Å²) in [5, 5.41) is 3.05. The first-order valence-electron chi connectivity index (χ1n) is 6.37. The summed E-state index contributed by atoms with van der Waals surface area (Å²) in [5.41, 5.74) is 6.70. The smallest absolute Gasteiger partial charge is 0.252 e. The molecule has 0 saturated carbocycles. The van der Waals surface area contributed by atoms with Gasteiger partial charge in [-0.25, -0.2) is 0 Å². The van der Waals surface area contributed by atoms with E-state index < -0.39 is 0 Å². The van der Waals surface area contributed by atoms with Gasteiger partial charge in [0.1, 0.15) is 0 Å². The minimum atomic E-state index is -0.177. The molecule has 1 unspecified atom stereocenters. The van der Waals surface area contributed by atoms with Crippen LogP contribution in [-0.4, -0.2) is 24.2 Å². The van der Waals surface area contributed by atoms with Crippen LogP contribution < -0.4 is 11.1 Å². The minimum Gasteiger partial charge on any atom is -0.399 e. The van der Waals surface area contributed by atoms with Gasteiger partial charge in [0.25, 0.3) is 5.91 Å². The molecule has 0 radical (unpaired) electrons. The quantitative estimate of drug-likeness (QED) is 0.821. The third kappa shape index (κ3) is 3.70. The lowest BCUT2D eigenvalue weighted by molar-refractivity contribution is -0.0615. The summed E-state index contributed by atoms with van der Waals surface area (Å²) in [7, 11) is 0. The molecule has 1 aliphatic rings. The van der Waals surface area contributed by atoms with Gasteiger partial charge in [0.05, 0.1) is 11.2 Å². The van der Waals surface area contributed by atoms with E-state index in [1.54, 1.807) is 18.2 Å². The van der Waals surface area contributed by atoms with Crippen LogP contribution in [0.3, 0.4) is 0 Å². The summed E-state index contributed by atoms with van der Waals surface area (Å²) in [4.78, 5) is 12.3. The second-order valence-electron chi connectivity index (χ2n) is 5.51. The van der Waals surface area contributed by atoms with Crippen LogP contribution in [0.4, 0.5) is 5.69 Å². The molecule has 0 spiro atoms. The molecule has 3 N–H and O–H groups in total. The summed E-state index contributed by atoms with van der Waals surface area (Å²) in [5.74, 6) is -0.0955. The summed E-state index contributed by atoms with van der Waals surface area (Å²) in [6.45, 7) is 4.76. The van der Waals surface area contributed by atoms with E-state index in [1.807, 2.05) is 13.8 Å². The number of anilines is 1. The molecule has 0 aliphatic carbocycles. The van der Waals surface area contributed by atoms with Crippen LogP contribution in [0.2, 0.25) is 0 Å². The van der Waals surface area contributed by atoms with Crippen LogP contribution in [0.1, 0.15) is 37.0 Å². The van der Waals surface area contributed by atoms with Crippen molar-refractivity contribution in [3.8, 4) is 0 Å². The van der Waals surface area contributed by atoms with Gasteiger partial charge in [0, 0.05) is 22.8 Å². The van der Waals surface area contributed by atoms with Gasteiger partial charge in [-0.2, -0.15) is 0 Å². The fourth-order valence-electron chi connectivity index (χ4n) is 2.34. The molecule has 1 aromatic rings. The molecule has 1 saturated heterocycles. The Morgan fingerprint density at radius 2 is 2.26 bits per heavy atom. The number of ether oxygens (including phenoxy) is 1. The van der Waals surface area contributed by atoms with Crippen molar-refractivity contribution < 1.29 is 9.53 Å². The average Bonchev–Trinajstić information content (AvgIpc) is 2.31. The zero-order valence-corrected chi connectivity index (χ0v) is 12.8. The van der Waals surface area contributed by atoms with Gasteiger partial charge >= 0.3 is 0 Å². The van der Waals surface area contributed by atoms with Crippen molar-refractivity contribution in [1.29, 1.82) is 0 Å². The second kappa shape index (κ2) is 5.51. The number of carbonyl (C=O) groups is 1. The van der Waals surface area contributed by atoms with Crippen molar-refractivity contribution in [2.75, 3.05) is 12.3 Å². The number of carbonyl (C=O) groups excluding carboxylic acids is 1. The standard InChI is InChI=1S/C14H19BrN2O2/c1-14(2)8-10(5-6-19-14)17-13(18)11-7-9(16)3-4-12(11)15/h3-4,7,10H,5-6,8,16H2,1-2H3,(H,17,18). The van der Waals surface area contributed by atoms with Crippen LogP contribution in [0, 0.1) is 0 Å². The average molecular weight is 327 g/mol. The molecule has 1 fully saturated rings. The number of hydrogen-bond donors (Lipinski definition) is 2. The Morgan fingerprint density at radius 3 is 2.95 bits per heavy atom. The largest absolute Gasteiger partial charge is 0.399 e. The number of hydrogen-bond acceptors (Lipinski definition) is 3. The fraction of sp³-hybridized carbons (Fsp3) is 0.500. The van der Waals surface area contributed by atoms with Gasteiger partial charge in [-0.1, -0.05) is 0 Å². The fourth-order valence-corrected chi connectivity index (χ4v) is 2.76. The normalized spacial score (nSPS) is 21.9. The van der Waals surface area contributed by atoms with Gasteiger partial charge in [0.15, 0.2) is 0 Å². The van der Waals surface area contributed by atoms with Crippen LogP contribution in [0.25, 0.3) is 0 Å². The molecule has 0 bridgehead atoms. The third-order valence-electron chi connectivity index (χ3n) is 3.27. The van der Waals surface area contributed by atoms with Crippen LogP contribution in [-0.2, 0) is 4.74 Å². The maximum atomic E-state index is 12.3. The van der Waals surface area contributed by atoms with E-state index in [0.29, 0.717) is 17.9 Å². The zero-order chi connectivity index (χ0) is 14.0. The maximum Gasteiger partial charge on any atom is 0.252 e. The first-order chi connectivity index (χ1) is 8.87. The van der Waals surface area contributed by atoms with E-state index in [-0.39, 0.29) is 17.6 Å².